The van der Waals surface area contributed by atoms with Gasteiger partial charge in [-0.1, -0.05) is 12.1 Å². The first kappa shape index (κ1) is 20.3. The van der Waals surface area contributed by atoms with Gasteiger partial charge < -0.3 is 9.64 Å². The van der Waals surface area contributed by atoms with Crippen LogP contribution < -0.4 is 9.46 Å². The molecule has 1 N–H and O–H groups in total. The Hall–Kier alpha value is -2.45. The summed E-state index contributed by atoms with van der Waals surface area (Å²) in [7, 11) is -0.779. The van der Waals surface area contributed by atoms with E-state index in [1.165, 1.54) is 42.3 Å². The molecule has 0 aromatic heterocycles. The smallest absolute Gasteiger partial charge is 0.254 e. The molecular weight excluding hydrogens is 383 g/mol. The highest BCUT2D eigenvalue weighted by atomic mass is 32.2. The third-order valence-electron chi connectivity index (χ3n) is 4.85. The van der Waals surface area contributed by atoms with Gasteiger partial charge in [0.15, 0.2) is 0 Å². The molecule has 6 nitrogen and oxygen atoms in total. The van der Waals surface area contributed by atoms with Gasteiger partial charge in [0.1, 0.15) is 16.5 Å². The Morgan fingerprint density at radius 2 is 1.86 bits per heavy atom. The van der Waals surface area contributed by atoms with Crippen molar-refractivity contribution < 1.29 is 22.3 Å². The number of methoxy groups -OCH3 is 1. The van der Waals surface area contributed by atoms with Crippen LogP contribution >= 0.6 is 0 Å². The first-order valence-corrected chi connectivity index (χ1v) is 10.4. The van der Waals surface area contributed by atoms with Gasteiger partial charge in [0, 0.05) is 18.7 Å². The van der Waals surface area contributed by atoms with E-state index in [0.29, 0.717) is 0 Å². The molecule has 0 saturated heterocycles. The summed E-state index contributed by atoms with van der Waals surface area (Å²) in [5.74, 6) is -0.514. The number of hydrogen-bond acceptors (Lipinski definition) is 4. The normalized spacial score (nSPS) is 15.1. The summed E-state index contributed by atoms with van der Waals surface area (Å²) in [6, 6.07) is 9.88. The maximum Gasteiger partial charge on any atom is 0.254 e. The minimum absolute atomic E-state index is 0.0596. The third-order valence-corrected chi connectivity index (χ3v) is 6.39. The van der Waals surface area contributed by atoms with Crippen molar-refractivity contribution >= 4 is 15.9 Å². The lowest BCUT2D eigenvalue weighted by Gasteiger charge is -2.26. The van der Waals surface area contributed by atoms with Crippen molar-refractivity contribution in [1.29, 1.82) is 0 Å². The fraction of sp³-hybridized carbons (Fsp3) is 0.350. The molecule has 1 aliphatic rings. The molecule has 1 fully saturated rings. The summed E-state index contributed by atoms with van der Waals surface area (Å²) in [6.07, 6.45) is 1.61. The number of benzene rings is 2. The lowest BCUT2D eigenvalue weighted by molar-refractivity contribution is 0.0742. The number of rotatable bonds is 7. The van der Waals surface area contributed by atoms with Crippen LogP contribution in [0.25, 0.3) is 0 Å². The minimum atomic E-state index is -3.79. The molecule has 0 heterocycles. The van der Waals surface area contributed by atoms with Gasteiger partial charge in [-0.25, -0.2) is 17.5 Å². The molecule has 2 aromatic carbocycles. The van der Waals surface area contributed by atoms with Crippen molar-refractivity contribution in [2.45, 2.75) is 36.7 Å². The maximum absolute atomic E-state index is 13.1. The molecule has 1 saturated carbocycles. The average Bonchev–Trinajstić information content (AvgIpc) is 3.49. The van der Waals surface area contributed by atoms with Crippen molar-refractivity contribution in [3.8, 4) is 5.75 Å². The average molecular weight is 406 g/mol. The number of carbonyl (C=O) groups excluding carboxylic acids is 1. The highest BCUT2D eigenvalue weighted by molar-refractivity contribution is 7.89. The summed E-state index contributed by atoms with van der Waals surface area (Å²) >= 11 is 0. The molecule has 0 bridgehead atoms. The van der Waals surface area contributed by atoms with E-state index in [2.05, 4.69) is 4.72 Å². The van der Waals surface area contributed by atoms with Crippen molar-refractivity contribution in [2.75, 3.05) is 14.2 Å². The van der Waals surface area contributed by atoms with E-state index in [0.717, 1.165) is 18.4 Å². The number of carbonyl (C=O) groups is 1. The number of amides is 1. The zero-order valence-electron chi connectivity index (χ0n) is 16.0. The highest BCUT2D eigenvalue weighted by Crippen LogP contribution is 2.29. The summed E-state index contributed by atoms with van der Waals surface area (Å²) in [4.78, 5) is 14.4. The second kappa shape index (κ2) is 7.89. The molecule has 28 heavy (non-hydrogen) atoms. The second-order valence-corrected chi connectivity index (χ2v) is 8.59. The number of nitrogens with zero attached hydrogens (tertiary/aromatic N) is 1. The summed E-state index contributed by atoms with van der Waals surface area (Å²) < 4.78 is 46.2. The van der Waals surface area contributed by atoms with Gasteiger partial charge in [-0.05, 0) is 55.7 Å². The zero-order chi connectivity index (χ0) is 20.5. The molecule has 0 unspecified atom stereocenters. The van der Waals surface area contributed by atoms with Crippen molar-refractivity contribution in [3.63, 3.8) is 0 Å². The van der Waals surface area contributed by atoms with Gasteiger partial charge in [0.05, 0.1) is 13.2 Å². The number of hydrogen-bond donors (Lipinski definition) is 1. The van der Waals surface area contributed by atoms with Crippen molar-refractivity contribution in [2.24, 2.45) is 0 Å². The van der Waals surface area contributed by atoms with Gasteiger partial charge >= 0.3 is 0 Å². The predicted octanol–water partition coefficient (Wildman–Crippen LogP) is 3.11. The van der Waals surface area contributed by atoms with Gasteiger partial charge in [0.2, 0.25) is 10.0 Å². The Morgan fingerprint density at radius 1 is 1.21 bits per heavy atom. The van der Waals surface area contributed by atoms with Crippen LogP contribution in [-0.4, -0.2) is 39.4 Å². The molecule has 8 heteroatoms. The molecule has 3 rings (SSSR count). The van der Waals surface area contributed by atoms with E-state index < -0.39 is 10.0 Å². The van der Waals surface area contributed by atoms with Gasteiger partial charge in [-0.15, -0.1) is 0 Å². The molecule has 1 aliphatic carbocycles. The lowest BCUT2D eigenvalue weighted by atomic mass is 10.1. The van der Waals surface area contributed by atoms with Gasteiger partial charge in [-0.2, -0.15) is 0 Å². The summed E-state index contributed by atoms with van der Waals surface area (Å²) in [5.41, 5.74) is 1.00. The fourth-order valence-corrected chi connectivity index (χ4v) is 4.35. The standard InChI is InChI=1S/C20H23FN2O4S/c1-13(14-4-7-16(21)8-5-14)23(2)20(24)15-6-11-18(27-3)19(12-15)28(25,26)22-17-9-10-17/h4-8,11-13,17,22H,9-10H2,1-3H3/t13-/m0/s1. The van der Waals surface area contributed by atoms with E-state index in [1.807, 2.05) is 6.92 Å². The first-order chi connectivity index (χ1) is 13.2. The van der Waals surface area contributed by atoms with Gasteiger partial charge in [0.25, 0.3) is 5.91 Å². The second-order valence-electron chi connectivity index (χ2n) is 6.90. The Labute approximate surface area is 164 Å². The molecule has 1 atom stereocenters. The van der Waals surface area contributed by atoms with Crippen LogP contribution in [-0.2, 0) is 10.0 Å². The van der Waals surface area contributed by atoms with Crippen LogP contribution in [0.4, 0.5) is 4.39 Å². The molecule has 0 aliphatic heterocycles. The SMILES string of the molecule is COc1ccc(C(=O)N(C)[C@@H](C)c2ccc(F)cc2)cc1S(=O)(=O)NC1CC1. The molecule has 1 amide bonds. The van der Waals surface area contributed by atoms with Crippen LogP contribution in [0.5, 0.6) is 5.75 Å². The van der Waals surface area contributed by atoms with Crippen LogP contribution in [0.1, 0.15) is 41.7 Å². The number of nitrogens with one attached hydrogen (secondary N) is 1. The quantitative estimate of drug-likeness (QED) is 0.767. The van der Waals surface area contributed by atoms with Crippen LogP contribution in [0.3, 0.4) is 0 Å². The van der Waals surface area contributed by atoms with E-state index in [9.17, 15) is 17.6 Å². The highest BCUT2D eigenvalue weighted by Gasteiger charge is 2.31. The van der Waals surface area contributed by atoms with E-state index in [-0.39, 0.29) is 40.0 Å². The fourth-order valence-electron chi connectivity index (χ4n) is 2.85. The number of sulfonamides is 1. The molecule has 150 valence electrons. The van der Waals surface area contributed by atoms with Crippen LogP contribution in [0.15, 0.2) is 47.4 Å². The molecule has 2 aromatic rings. The van der Waals surface area contributed by atoms with E-state index >= 15 is 0 Å². The van der Waals surface area contributed by atoms with E-state index in [4.69, 9.17) is 4.74 Å². The molecule has 0 spiro atoms. The maximum atomic E-state index is 13.1. The Balaban J connectivity index is 1.88. The molecule has 0 radical (unpaired) electrons. The molecular formula is C20H23FN2O4S. The monoisotopic (exact) mass is 406 g/mol. The van der Waals surface area contributed by atoms with Crippen LogP contribution in [0, 0.1) is 5.82 Å². The third kappa shape index (κ3) is 4.34. The zero-order valence-corrected chi connectivity index (χ0v) is 16.8. The topological polar surface area (TPSA) is 75.7 Å². The summed E-state index contributed by atoms with van der Waals surface area (Å²) in [6.45, 7) is 1.82. The lowest BCUT2D eigenvalue weighted by Crippen LogP contribution is -2.30. The Morgan fingerprint density at radius 3 is 2.43 bits per heavy atom. The number of ether oxygens (including phenoxy) is 1. The predicted molar refractivity (Wildman–Crippen MR) is 103 cm³/mol. The largest absolute Gasteiger partial charge is 0.495 e. The minimum Gasteiger partial charge on any atom is -0.495 e. The Bertz CT molecular complexity index is 972. The van der Waals surface area contributed by atoms with E-state index in [1.54, 1.807) is 19.2 Å². The van der Waals surface area contributed by atoms with Gasteiger partial charge in [-0.3, -0.25) is 4.79 Å². The van der Waals surface area contributed by atoms with Crippen molar-refractivity contribution in [1.82, 2.24) is 9.62 Å². The summed E-state index contributed by atoms with van der Waals surface area (Å²) in [5, 5.41) is 0. The first-order valence-electron chi connectivity index (χ1n) is 8.96. The van der Waals surface area contributed by atoms with Crippen molar-refractivity contribution in [3.05, 3.63) is 59.4 Å². The Kier molecular flexibility index (Phi) is 5.71. The van der Waals surface area contributed by atoms with Crippen LogP contribution in [0.2, 0.25) is 0 Å². The number of halogens is 1.